The van der Waals surface area contributed by atoms with Crippen molar-refractivity contribution in [3.8, 4) is 5.75 Å². The summed E-state index contributed by atoms with van der Waals surface area (Å²) in [7, 11) is 0. The second-order valence-corrected chi connectivity index (χ2v) is 4.80. The van der Waals surface area contributed by atoms with E-state index in [9.17, 15) is 9.18 Å². The Bertz CT molecular complexity index is 701. The van der Waals surface area contributed by atoms with Crippen LogP contribution >= 0.6 is 0 Å². The maximum atomic E-state index is 14.3. The van der Waals surface area contributed by atoms with Crippen molar-refractivity contribution in [2.24, 2.45) is 0 Å². The highest BCUT2D eigenvalue weighted by molar-refractivity contribution is 5.83. The number of hydrogen-bond donors (Lipinski definition) is 0. The van der Waals surface area contributed by atoms with Crippen LogP contribution in [0.3, 0.4) is 0 Å². The van der Waals surface area contributed by atoms with Crippen molar-refractivity contribution in [2.45, 2.75) is 33.1 Å². The Labute approximate surface area is 123 Å². The van der Waals surface area contributed by atoms with Gasteiger partial charge in [-0.2, -0.15) is 0 Å². The Kier molecular flexibility index (Phi) is 5.14. The van der Waals surface area contributed by atoms with Crippen LogP contribution in [0.4, 0.5) is 4.39 Å². The lowest BCUT2D eigenvalue weighted by Crippen LogP contribution is -2.06. The first-order valence-corrected chi connectivity index (χ1v) is 7.16. The normalized spacial score (nSPS) is 11.4. The summed E-state index contributed by atoms with van der Waals surface area (Å²) in [5, 5.41) is 0.501. The van der Waals surface area contributed by atoms with Crippen LogP contribution in [0.1, 0.15) is 32.4 Å². The molecule has 4 heteroatoms. The third-order valence-electron chi connectivity index (χ3n) is 3.14. The third kappa shape index (κ3) is 3.51. The molecule has 1 aromatic carbocycles. The highest BCUT2D eigenvalue weighted by atomic mass is 19.1. The van der Waals surface area contributed by atoms with Gasteiger partial charge in [-0.1, -0.05) is 25.1 Å². The molecule has 1 aromatic heterocycles. The Balaban J connectivity index is 2.40. The molecule has 0 aliphatic carbocycles. The number of halogens is 1. The van der Waals surface area contributed by atoms with Gasteiger partial charge in [0.15, 0.2) is 11.6 Å². The lowest BCUT2D eigenvalue weighted by atomic mass is 10.1. The van der Waals surface area contributed by atoms with Gasteiger partial charge in [0.2, 0.25) is 0 Å². The highest BCUT2D eigenvalue weighted by Crippen LogP contribution is 2.25. The van der Waals surface area contributed by atoms with Crippen molar-refractivity contribution in [1.82, 2.24) is 0 Å². The third-order valence-corrected chi connectivity index (χ3v) is 3.14. The van der Waals surface area contributed by atoms with Gasteiger partial charge < -0.3 is 9.15 Å². The molecular formula is C17H19FO3. The molecule has 0 spiro atoms. The second-order valence-electron chi connectivity index (χ2n) is 4.80. The molecule has 21 heavy (non-hydrogen) atoms. The first-order chi connectivity index (χ1) is 10.2. The minimum Gasteiger partial charge on any atom is -0.491 e. The first-order valence-electron chi connectivity index (χ1n) is 7.16. The van der Waals surface area contributed by atoms with Gasteiger partial charge in [-0.3, -0.25) is 0 Å². The molecule has 2 rings (SSSR count). The Hall–Kier alpha value is -2.10. The summed E-state index contributed by atoms with van der Waals surface area (Å²) in [6.45, 7) is 4.28. The van der Waals surface area contributed by atoms with E-state index in [2.05, 4.69) is 0 Å². The Morgan fingerprint density at radius 3 is 2.90 bits per heavy atom. The minimum atomic E-state index is -0.651. The maximum Gasteiger partial charge on any atom is 0.346 e. The zero-order valence-electron chi connectivity index (χ0n) is 12.3. The molecule has 1 heterocycles. The summed E-state index contributed by atoms with van der Waals surface area (Å²) >= 11 is 0. The van der Waals surface area contributed by atoms with Crippen LogP contribution < -0.4 is 10.4 Å². The monoisotopic (exact) mass is 290 g/mol. The Morgan fingerprint density at radius 2 is 2.19 bits per heavy atom. The fourth-order valence-electron chi connectivity index (χ4n) is 2.11. The van der Waals surface area contributed by atoms with Crippen molar-refractivity contribution < 1.29 is 13.5 Å². The van der Waals surface area contributed by atoms with E-state index in [-0.39, 0.29) is 11.1 Å². The minimum absolute atomic E-state index is 0.0432. The number of benzene rings is 1. The smallest absolute Gasteiger partial charge is 0.346 e. The van der Waals surface area contributed by atoms with Crippen LogP contribution in [-0.4, -0.2) is 6.61 Å². The second kappa shape index (κ2) is 7.07. The molecule has 2 aromatic rings. The summed E-state index contributed by atoms with van der Waals surface area (Å²) in [6, 6.07) is 4.97. The number of ether oxygens (including phenoxy) is 1. The summed E-state index contributed by atoms with van der Waals surface area (Å²) < 4.78 is 24.8. The van der Waals surface area contributed by atoms with Gasteiger partial charge in [-0.25, -0.2) is 9.18 Å². The van der Waals surface area contributed by atoms with E-state index in [1.165, 1.54) is 0 Å². The van der Waals surface area contributed by atoms with Gasteiger partial charge in [-0.05, 0) is 37.3 Å². The number of hydrogen-bond acceptors (Lipinski definition) is 3. The van der Waals surface area contributed by atoms with Gasteiger partial charge in [0.1, 0.15) is 11.1 Å². The highest BCUT2D eigenvalue weighted by Gasteiger charge is 2.14. The van der Waals surface area contributed by atoms with E-state index >= 15 is 0 Å². The van der Waals surface area contributed by atoms with Crippen LogP contribution in [0.25, 0.3) is 10.8 Å². The van der Waals surface area contributed by atoms with E-state index < -0.39 is 11.4 Å². The molecule has 0 saturated carbocycles. The SMILES string of the molecule is C/C=C/CCc1cc2ccc(OCCC)c(F)c2c(=O)o1. The Morgan fingerprint density at radius 1 is 1.38 bits per heavy atom. The summed E-state index contributed by atoms with van der Waals surface area (Å²) in [5.41, 5.74) is -0.651. The molecule has 0 aliphatic rings. The lowest BCUT2D eigenvalue weighted by molar-refractivity contribution is 0.302. The van der Waals surface area contributed by atoms with Gasteiger partial charge in [0.25, 0.3) is 0 Å². The fourth-order valence-corrected chi connectivity index (χ4v) is 2.11. The van der Waals surface area contributed by atoms with Gasteiger partial charge in [0.05, 0.1) is 6.61 Å². The van der Waals surface area contributed by atoms with E-state index in [0.717, 1.165) is 12.8 Å². The molecule has 0 N–H and O–H groups in total. The summed E-state index contributed by atoms with van der Waals surface area (Å²) in [4.78, 5) is 12.0. The average Bonchev–Trinajstić information content (AvgIpc) is 2.46. The molecule has 112 valence electrons. The molecule has 3 nitrogen and oxygen atoms in total. The first kappa shape index (κ1) is 15.3. The quantitative estimate of drug-likeness (QED) is 0.747. The van der Waals surface area contributed by atoms with E-state index in [1.54, 1.807) is 18.2 Å². The van der Waals surface area contributed by atoms with Crippen molar-refractivity contribution >= 4 is 10.8 Å². The molecule has 0 unspecified atom stereocenters. The van der Waals surface area contributed by atoms with Crippen molar-refractivity contribution in [2.75, 3.05) is 6.61 Å². The fraction of sp³-hybridized carbons (Fsp3) is 0.353. The molecule has 0 atom stereocenters. The van der Waals surface area contributed by atoms with Crippen molar-refractivity contribution in [3.05, 3.63) is 52.3 Å². The van der Waals surface area contributed by atoms with Crippen LogP contribution in [0.5, 0.6) is 5.75 Å². The summed E-state index contributed by atoms with van der Waals surface area (Å²) in [6.07, 6.45) is 6.11. The van der Waals surface area contributed by atoms with E-state index in [1.807, 2.05) is 26.0 Å². The van der Waals surface area contributed by atoms with Crippen LogP contribution in [-0.2, 0) is 6.42 Å². The predicted molar refractivity (Wildman–Crippen MR) is 81.4 cm³/mol. The number of aryl methyl sites for hydroxylation is 1. The molecule has 0 aliphatic heterocycles. The molecular weight excluding hydrogens is 271 g/mol. The number of allylic oxidation sites excluding steroid dienone is 2. The zero-order chi connectivity index (χ0) is 15.2. The maximum absolute atomic E-state index is 14.3. The molecule has 0 amide bonds. The van der Waals surface area contributed by atoms with Crippen LogP contribution in [0, 0.1) is 5.82 Å². The standard InChI is InChI=1S/C17H19FO3/c1-3-5-6-7-13-11-12-8-9-14(20-10-4-2)16(18)15(12)17(19)21-13/h3,5,8-9,11H,4,6-7,10H2,1-2H3/b5-3+. The number of rotatable bonds is 6. The summed E-state index contributed by atoms with van der Waals surface area (Å²) in [5.74, 6) is 0.0141. The van der Waals surface area contributed by atoms with E-state index in [4.69, 9.17) is 9.15 Å². The van der Waals surface area contributed by atoms with E-state index in [0.29, 0.717) is 24.2 Å². The number of fused-ring (bicyclic) bond motifs is 1. The van der Waals surface area contributed by atoms with Gasteiger partial charge >= 0.3 is 5.63 Å². The predicted octanol–water partition coefficient (Wildman–Crippen LogP) is 4.23. The lowest BCUT2D eigenvalue weighted by Gasteiger charge is -2.08. The topological polar surface area (TPSA) is 39.4 Å². The van der Waals surface area contributed by atoms with Crippen molar-refractivity contribution in [1.29, 1.82) is 0 Å². The molecule has 0 bridgehead atoms. The molecule has 0 saturated heterocycles. The molecule has 0 fully saturated rings. The van der Waals surface area contributed by atoms with Gasteiger partial charge in [0, 0.05) is 6.42 Å². The van der Waals surface area contributed by atoms with Crippen molar-refractivity contribution in [3.63, 3.8) is 0 Å². The average molecular weight is 290 g/mol. The zero-order valence-corrected chi connectivity index (χ0v) is 12.3. The largest absolute Gasteiger partial charge is 0.491 e. The van der Waals surface area contributed by atoms with Crippen LogP contribution in [0.15, 0.2) is 39.6 Å². The van der Waals surface area contributed by atoms with Gasteiger partial charge in [-0.15, -0.1) is 0 Å². The molecule has 0 radical (unpaired) electrons. The van der Waals surface area contributed by atoms with Crippen LogP contribution in [0.2, 0.25) is 0 Å².